The Morgan fingerprint density at radius 1 is 1.00 bits per heavy atom. The maximum absolute atomic E-state index is 13.1. The highest BCUT2D eigenvalue weighted by atomic mass is 16.2. The van der Waals surface area contributed by atoms with Crippen LogP contribution in [0, 0.1) is 18.3 Å². The number of aryl methyl sites for hydroxylation is 1. The lowest BCUT2D eigenvalue weighted by atomic mass is 9.86. The number of likely N-dealkylation sites (tertiary alicyclic amines) is 1. The Balaban J connectivity index is 1.52. The predicted molar refractivity (Wildman–Crippen MR) is 116 cm³/mol. The predicted octanol–water partition coefficient (Wildman–Crippen LogP) is 4.12. The Labute approximate surface area is 174 Å². The van der Waals surface area contributed by atoms with E-state index >= 15 is 0 Å². The number of benzene rings is 2. The quantitative estimate of drug-likeness (QED) is 0.752. The van der Waals surface area contributed by atoms with Crippen LogP contribution in [0.2, 0.25) is 0 Å². The van der Waals surface area contributed by atoms with Gasteiger partial charge in [-0.25, -0.2) is 0 Å². The lowest BCUT2D eigenvalue weighted by Crippen LogP contribution is -2.51. The van der Waals surface area contributed by atoms with Crippen LogP contribution in [0.15, 0.2) is 54.6 Å². The SMILES string of the molecule is Cc1ccccc1CNC(=O)C(C)(C)C(=O)N1CCC(Cc2ccccc2)CC1. The number of nitrogens with one attached hydrogen (secondary N) is 1. The van der Waals surface area contributed by atoms with E-state index in [2.05, 4.69) is 29.6 Å². The minimum absolute atomic E-state index is 0.0713. The van der Waals surface area contributed by atoms with Crippen LogP contribution in [-0.4, -0.2) is 29.8 Å². The molecule has 0 radical (unpaired) electrons. The topological polar surface area (TPSA) is 49.4 Å². The molecule has 3 rings (SSSR count). The van der Waals surface area contributed by atoms with Gasteiger partial charge in [-0.2, -0.15) is 0 Å². The third-order valence-electron chi connectivity index (χ3n) is 6.07. The smallest absolute Gasteiger partial charge is 0.237 e. The lowest BCUT2D eigenvalue weighted by Gasteiger charge is -2.36. The molecular formula is C25H32N2O2. The number of hydrogen-bond donors (Lipinski definition) is 1. The molecule has 2 aromatic carbocycles. The second-order valence-electron chi connectivity index (χ2n) is 8.66. The largest absolute Gasteiger partial charge is 0.351 e. The van der Waals surface area contributed by atoms with Gasteiger partial charge in [-0.05, 0) is 62.6 Å². The summed E-state index contributed by atoms with van der Waals surface area (Å²) in [5.41, 5.74) is 2.51. The van der Waals surface area contributed by atoms with E-state index in [4.69, 9.17) is 0 Å². The molecule has 1 fully saturated rings. The molecule has 1 aliphatic heterocycles. The lowest BCUT2D eigenvalue weighted by molar-refractivity contribution is -0.149. The average Bonchev–Trinajstić information content (AvgIpc) is 2.73. The van der Waals surface area contributed by atoms with Gasteiger partial charge in [0, 0.05) is 19.6 Å². The van der Waals surface area contributed by atoms with Crippen molar-refractivity contribution in [3.63, 3.8) is 0 Å². The first kappa shape index (κ1) is 21.1. The fourth-order valence-electron chi connectivity index (χ4n) is 3.98. The van der Waals surface area contributed by atoms with Crippen molar-refractivity contribution in [1.82, 2.24) is 10.2 Å². The number of nitrogens with zero attached hydrogens (tertiary/aromatic N) is 1. The fourth-order valence-corrected chi connectivity index (χ4v) is 3.98. The highest BCUT2D eigenvalue weighted by Crippen LogP contribution is 2.26. The summed E-state index contributed by atoms with van der Waals surface area (Å²) in [7, 11) is 0. The maximum atomic E-state index is 13.1. The molecule has 1 aliphatic rings. The second-order valence-corrected chi connectivity index (χ2v) is 8.66. The molecule has 0 atom stereocenters. The van der Waals surface area contributed by atoms with Crippen molar-refractivity contribution in [2.24, 2.45) is 11.3 Å². The van der Waals surface area contributed by atoms with E-state index in [0.717, 1.165) is 43.5 Å². The van der Waals surface area contributed by atoms with E-state index in [1.807, 2.05) is 42.2 Å². The monoisotopic (exact) mass is 392 g/mol. The molecule has 0 aliphatic carbocycles. The summed E-state index contributed by atoms with van der Waals surface area (Å²) in [4.78, 5) is 27.7. The van der Waals surface area contributed by atoms with Crippen molar-refractivity contribution < 1.29 is 9.59 Å². The van der Waals surface area contributed by atoms with E-state index in [1.54, 1.807) is 13.8 Å². The molecule has 4 nitrogen and oxygen atoms in total. The van der Waals surface area contributed by atoms with Crippen LogP contribution < -0.4 is 5.32 Å². The molecule has 1 N–H and O–H groups in total. The maximum Gasteiger partial charge on any atom is 0.237 e. The van der Waals surface area contributed by atoms with Crippen molar-refractivity contribution in [3.05, 3.63) is 71.3 Å². The molecule has 1 saturated heterocycles. The first-order valence-electron chi connectivity index (χ1n) is 10.5. The normalized spacial score (nSPS) is 15.2. The highest BCUT2D eigenvalue weighted by molar-refractivity contribution is 6.04. The zero-order chi connectivity index (χ0) is 20.9. The van der Waals surface area contributed by atoms with E-state index < -0.39 is 5.41 Å². The summed E-state index contributed by atoms with van der Waals surface area (Å²) in [6.45, 7) is 7.39. The molecule has 1 heterocycles. The minimum atomic E-state index is -1.06. The zero-order valence-corrected chi connectivity index (χ0v) is 17.8. The van der Waals surface area contributed by atoms with Gasteiger partial charge in [0.15, 0.2) is 0 Å². The van der Waals surface area contributed by atoms with Crippen LogP contribution in [0.3, 0.4) is 0 Å². The molecule has 29 heavy (non-hydrogen) atoms. The number of hydrogen-bond acceptors (Lipinski definition) is 2. The highest BCUT2D eigenvalue weighted by Gasteiger charge is 2.40. The molecule has 0 spiro atoms. The summed E-state index contributed by atoms with van der Waals surface area (Å²) >= 11 is 0. The Bertz CT molecular complexity index is 837. The molecule has 0 saturated carbocycles. The number of amides is 2. The van der Waals surface area contributed by atoms with Gasteiger partial charge in [-0.15, -0.1) is 0 Å². The standard InChI is InChI=1S/C25H32N2O2/c1-19-9-7-8-12-22(19)18-26-23(28)25(2,3)24(29)27-15-13-21(14-16-27)17-20-10-5-4-6-11-20/h4-12,21H,13-18H2,1-3H3,(H,26,28). The summed E-state index contributed by atoms with van der Waals surface area (Å²) in [5, 5.41) is 2.96. The molecule has 0 aromatic heterocycles. The van der Waals surface area contributed by atoms with Crippen LogP contribution in [-0.2, 0) is 22.6 Å². The molecule has 0 unspecified atom stereocenters. The van der Waals surface area contributed by atoms with Crippen molar-refractivity contribution in [3.8, 4) is 0 Å². The fraction of sp³-hybridized carbons (Fsp3) is 0.440. The number of carbonyl (C=O) groups is 2. The van der Waals surface area contributed by atoms with E-state index in [0.29, 0.717) is 12.5 Å². The summed E-state index contributed by atoms with van der Waals surface area (Å²) in [6.07, 6.45) is 3.03. The number of carbonyl (C=O) groups excluding carboxylic acids is 2. The van der Waals surface area contributed by atoms with Gasteiger partial charge in [0.05, 0.1) is 0 Å². The third kappa shape index (κ3) is 5.26. The minimum Gasteiger partial charge on any atom is -0.351 e. The molecule has 154 valence electrons. The van der Waals surface area contributed by atoms with Gasteiger partial charge < -0.3 is 10.2 Å². The van der Waals surface area contributed by atoms with Crippen LogP contribution in [0.1, 0.15) is 43.4 Å². The van der Waals surface area contributed by atoms with Gasteiger partial charge in [-0.1, -0.05) is 54.6 Å². The van der Waals surface area contributed by atoms with Crippen LogP contribution >= 0.6 is 0 Å². The Hall–Kier alpha value is -2.62. The Morgan fingerprint density at radius 2 is 1.62 bits per heavy atom. The van der Waals surface area contributed by atoms with Gasteiger partial charge >= 0.3 is 0 Å². The van der Waals surface area contributed by atoms with Crippen LogP contribution in [0.25, 0.3) is 0 Å². The van der Waals surface area contributed by atoms with Crippen LogP contribution in [0.4, 0.5) is 0 Å². The number of rotatable bonds is 6. The Kier molecular flexibility index (Phi) is 6.73. The summed E-state index contributed by atoms with van der Waals surface area (Å²) in [5.74, 6) is 0.314. The first-order valence-corrected chi connectivity index (χ1v) is 10.5. The molecular weight excluding hydrogens is 360 g/mol. The van der Waals surface area contributed by atoms with Gasteiger partial charge in [0.2, 0.25) is 11.8 Å². The summed E-state index contributed by atoms with van der Waals surface area (Å²) < 4.78 is 0. The van der Waals surface area contributed by atoms with Gasteiger partial charge in [0.1, 0.15) is 5.41 Å². The van der Waals surface area contributed by atoms with Gasteiger partial charge in [-0.3, -0.25) is 9.59 Å². The molecule has 2 aromatic rings. The second kappa shape index (κ2) is 9.25. The molecule has 0 bridgehead atoms. The van der Waals surface area contributed by atoms with Gasteiger partial charge in [0.25, 0.3) is 0 Å². The van der Waals surface area contributed by atoms with Crippen molar-refractivity contribution in [1.29, 1.82) is 0 Å². The average molecular weight is 393 g/mol. The third-order valence-corrected chi connectivity index (χ3v) is 6.07. The van der Waals surface area contributed by atoms with E-state index in [9.17, 15) is 9.59 Å². The molecule has 2 amide bonds. The zero-order valence-electron chi connectivity index (χ0n) is 17.8. The molecule has 4 heteroatoms. The van der Waals surface area contributed by atoms with Crippen molar-refractivity contribution in [2.75, 3.05) is 13.1 Å². The van der Waals surface area contributed by atoms with E-state index in [1.165, 1.54) is 5.56 Å². The van der Waals surface area contributed by atoms with Crippen molar-refractivity contribution >= 4 is 11.8 Å². The number of piperidine rings is 1. The first-order chi connectivity index (χ1) is 13.9. The van der Waals surface area contributed by atoms with Crippen LogP contribution in [0.5, 0.6) is 0 Å². The van der Waals surface area contributed by atoms with Crippen molar-refractivity contribution in [2.45, 2.75) is 46.6 Å². The Morgan fingerprint density at radius 3 is 2.28 bits per heavy atom. The summed E-state index contributed by atoms with van der Waals surface area (Å²) in [6, 6.07) is 18.5. The van der Waals surface area contributed by atoms with E-state index in [-0.39, 0.29) is 11.8 Å².